The Hall–Kier alpha value is -3.49. The van der Waals surface area contributed by atoms with E-state index in [-0.39, 0.29) is 12.4 Å². The van der Waals surface area contributed by atoms with E-state index in [1.165, 1.54) is 6.26 Å². The lowest BCUT2D eigenvalue weighted by atomic mass is 10.2. The summed E-state index contributed by atoms with van der Waals surface area (Å²) in [5, 5.41) is 6.61. The number of carbonyl (C=O) groups excluding carboxylic acids is 1. The highest BCUT2D eigenvalue weighted by Gasteiger charge is 2.16. The standard InChI is InChI=1S/C16H13N3O6/c20-14(17-10-3-4-11-13(8-10)24-7-6-23-11)9-19-16(21)25-15(18-19)12-2-1-5-22-12/h1-5,8H,6-7,9H2,(H,17,20). The number of rotatable bonds is 4. The van der Waals surface area contributed by atoms with Crippen LogP contribution in [0, 0.1) is 0 Å². The van der Waals surface area contributed by atoms with Crippen LogP contribution in [0.25, 0.3) is 11.7 Å². The third-order valence-electron chi connectivity index (χ3n) is 3.46. The minimum atomic E-state index is -0.747. The molecule has 0 fully saturated rings. The van der Waals surface area contributed by atoms with Crippen molar-refractivity contribution in [2.45, 2.75) is 6.54 Å². The van der Waals surface area contributed by atoms with Gasteiger partial charge in [-0.1, -0.05) is 0 Å². The highest BCUT2D eigenvalue weighted by Crippen LogP contribution is 2.32. The van der Waals surface area contributed by atoms with Crippen molar-refractivity contribution < 1.29 is 23.1 Å². The molecule has 0 aliphatic carbocycles. The van der Waals surface area contributed by atoms with Crippen molar-refractivity contribution in [1.82, 2.24) is 9.78 Å². The molecule has 3 aromatic rings. The molecule has 2 aromatic heterocycles. The van der Waals surface area contributed by atoms with Gasteiger partial charge in [-0.3, -0.25) is 4.79 Å². The van der Waals surface area contributed by atoms with Gasteiger partial charge in [-0.15, -0.1) is 5.10 Å². The average molecular weight is 343 g/mol. The number of nitrogens with zero attached hydrogens (tertiary/aromatic N) is 2. The van der Waals surface area contributed by atoms with Gasteiger partial charge in [0, 0.05) is 11.8 Å². The normalized spacial score (nSPS) is 12.8. The number of anilines is 1. The average Bonchev–Trinajstić information content (AvgIpc) is 3.25. The molecule has 1 aliphatic heterocycles. The molecule has 0 saturated heterocycles. The number of benzene rings is 1. The fourth-order valence-corrected chi connectivity index (χ4v) is 2.36. The molecule has 9 nitrogen and oxygen atoms in total. The Morgan fingerprint density at radius 3 is 2.84 bits per heavy atom. The summed E-state index contributed by atoms with van der Waals surface area (Å²) in [6.07, 6.45) is 1.43. The molecule has 0 spiro atoms. The van der Waals surface area contributed by atoms with Gasteiger partial charge in [0.15, 0.2) is 17.3 Å². The van der Waals surface area contributed by atoms with Gasteiger partial charge in [0.25, 0.3) is 5.89 Å². The van der Waals surface area contributed by atoms with E-state index in [1.807, 2.05) is 0 Å². The molecule has 0 atom stereocenters. The summed E-state index contributed by atoms with van der Waals surface area (Å²) < 4.78 is 21.9. The van der Waals surface area contributed by atoms with Gasteiger partial charge in [0.05, 0.1) is 6.26 Å². The molecule has 0 bridgehead atoms. The number of nitrogens with one attached hydrogen (secondary N) is 1. The lowest BCUT2D eigenvalue weighted by Gasteiger charge is -2.18. The predicted octanol–water partition coefficient (Wildman–Crippen LogP) is 1.51. The number of aromatic nitrogens is 2. The summed E-state index contributed by atoms with van der Waals surface area (Å²) in [6.45, 7) is 0.650. The van der Waals surface area contributed by atoms with Crippen LogP contribution < -0.4 is 20.5 Å². The van der Waals surface area contributed by atoms with Gasteiger partial charge in [-0.2, -0.15) is 4.68 Å². The molecule has 0 saturated carbocycles. The molecule has 1 amide bonds. The highest BCUT2D eigenvalue weighted by atomic mass is 16.6. The van der Waals surface area contributed by atoms with Crippen LogP contribution in [0.3, 0.4) is 0 Å². The van der Waals surface area contributed by atoms with Crippen LogP contribution in [0.4, 0.5) is 5.69 Å². The van der Waals surface area contributed by atoms with Crippen LogP contribution in [-0.2, 0) is 11.3 Å². The van der Waals surface area contributed by atoms with Crippen molar-refractivity contribution in [2.75, 3.05) is 18.5 Å². The summed E-state index contributed by atoms with van der Waals surface area (Å²) in [5.41, 5.74) is 0.525. The second kappa shape index (κ2) is 6.19. The number of fused-ring (bicyclic) bond motifs is 1. The van der Waals surface area contributed by atoms with Gasteiger partial charge in [0.1, 0.15) is 19.8 Å². The maximum atomic E-state index is 12.1. The number of furan rings is 1. The van der Waals surface area contributed by atoms with Crippen molar-refractivity contribution in [3.63, 3.8) is 0 Å². The van der Waals surface area contributed by atoms with Crippen LogP contribution >= 0.6 is 0 Å². The molecule has 0 unspecified atom stereocenters. The molecule has 3 heterocycles. The lowest BCUT2D eigenvalue weighted by Crippen LogP contribution is -2.26. The second-order valence-corrected chi connectivity index (χ2v) is 5.21. The van der Waals surface area contributed by atoms with Gasteiger partial charge in [-0.05, 0) is 24.3 Å². The Bertz CT molecular complexity index is 957. The predicted molar refractivity (Wildman–Crippen MR) is 84.5 cm³/mol. The molecule has 9 heteroatoms. The third kappa shape index (κ3) is 3.11. The molecule has 25 heavy (non-hydrogen) atoms. The topological polar surface area (TPSA) is 109 Å². The number of hydrogen-bond acceptors (Lipinski definition) is 7. The molecular weight excluding hydrogens is 330 g/mol. The largest absolute Gasteiger partial charge is 0.486 e. The molecule has 4 rings (SSSR count). The van der Waals surface area contributed by atoms with E-state index in [0.29, 0.717) is 36.2 Å². The summed E-state index contributed by atoms with van der Waals surface area (Å²) in [6, 6.07) is 8.30. The summed E-state index contributed by atoms with van der Waals surface area (Å²) in [7, 11) is 0. The van der Waals surface area contributed by atoms with Crippen molar-refractivity contribution in [2.24, 2.45) is 0 Å². The SMILES string of the molecule is O=C(Cn1nc(-c2ccco2)oc1=O)Nc1ccc2c(c1)OCCO2. The van der Waals surface area contributed by atoms with Crippen molar-refractivity contribution in [3.05, 3.63) is 47.1 Å². The maximum absolute atomic E-state index is 12.1. The van der Waals surface area contributed by atoms with Crippen molar-refractivity contribution in [1.29, 1.82) is 0 Å². The first-order valence-corrected chi connectivity index (χ1v) is 7.50. The van der Waals surface area contributed by atoms with Gasteiger partial charge < -0.3 is 23.6 Å². The van der Waals surface area contributed by atoms with Gasteiger partial charge in [-0.25, -0.2) is 4.79 Å². The molecule has 1 aromatic carbocycles. The van der Waals surface area contributed by atoms with E-state index in [1.54, 1.807) is 30.3 Å². The quantitative estimate of drug-likeness (QED) is 0.764. The fraction of sp³-hybridized carbons (Fsp3) is 0.188. The monoisotopic (exact) mass is 343 g/mol. The lowest BCUT2D eigenvalue weighted by molar-refractivity contribution is -0.117. The van der Waals surface area contributed by atoms with E-state index in [2.05, 4.69) is 10.4 Å². The zero-order valence-electron chi connectivity index (χ0n) is 12.9. The van der Waals surface area contributed by atoms with Crippen LogP contribution in [0.15, 0.2) is 50.2 Å². The molecule has 1 aliphatic rings. The van der Waals surface area contributed by atoms with E-state index >= 15 is 0 Å². The van der Waals surface area contributed by atoms with Crippen molar-refractivity contribution in [3.8, 4) is 23.1 Å². The first-order chi connectivity index (χ1) is 12.2. The van der Waals surface area contributed by atoms with Gasteiger partial charge in [0.2, 0.25) is 5.91 Å². The number of carbonyl (C=O) groups is 1. The number of amides is 1. The second-order valence-electron chi connectivity index (χ2n) is 5.21. The Morgan fingerprint density at radius 1 is 1.20 bits per heavy atom. The van der Waals surface area contributed by atoms with E-state index in [0.717, 1.165) is 4.68 Å². The third-order valence-corrected chi connectivity index (χ3v) is 3.46. The minimum absolute atomic E-state index is 0.0159. The Morgan fingerprint density at radius 2 is 2.04 bits per heavy atom. The van der Waals surface area contributed by atoms with E-state index in [4.69, 9.17) is 18.3 Å². The Balaban J connectivity index is 1.47. The Labute approximate surface area is 140 Å². The molecule has 1 N–H and O–H groups in total. The van der Waals surface area contributed by atoms with Crippen LogP contribution in [-0.4, -0.2) is 28.9 Å². The molecular formula is C16H13N3O6. The Kier molecular flexibility index (Phi) is 3.73. The number of ether oxygens (including phenoxy) is 2. The minimum Gasteiger partial charge on any atom is -0.486 e. The van der Waals surface area contributed by atoms with E-state index < -0.39 is 11.7 Å². The van der Waals surface area contributed by atoms with Crippen LogP contribution in [0.2, 0.25) is 0 Å². The summed E-state index contributed by atoms with van der Waals surface area (Å²) >= 11 is 0. The zero-order valence-corrected chi connectivity index (χ0v) is 12.9. The van der Waals surface area contributed by atoms with Crippen LogP contribution in [0.1, 0.15) is 0 Å². The summed E-state index contributed by atoms with van der Waals surface area (Å²) in [5.74, 6) is 0.329. The first kappa shape index (κ1) is 15.1. The number of hydrogen-bond donors (Lipinski definition) is 1. The van der Waals surface area contributed by atoms with Crippen molar-refractivity contribution >= 4 is 11.6 Å². The van der Waals surface area contributed by atoms with Gasteiger partial charge >= 0.3 is 5.76 Å². The summed E-state index contributed by atoms with van der Waals surface area (Å²) in [4.78, 5) is 23.9. The molecule has 0 radical (unpaired) electrons. The van der Waals surface area contributed by atoms with Crippen LogP contribution in [0.5, 0.6) is 11.5 Å². The maximum Gasteiger partial charge on any atom is 0.437 e. The first-order valence-electron chi connectivity index (χ1n) is 7.50. The van der Waals surface area contributed by atoms with E-state index in [9.17, 15) is 9.59 Å². The molecule has 128 valence electrons. The fourth-order valence-electron chi connectivity index (χ4n) is 2.36. The zero-order chi connectivity index (χ0) is 17.2. The highest BCUT2D eigenvalue weighted by molar-refractivity contribution is 5.90. The smallest absolute Gasteiger partial charge is 0.437 e.